The van der Waals surface area contributed by atoms with Crippen LogP contribution >= 0.6 is 11.6 Å². The number of hydrogen-bond donors (Lipinski definition) is 0. The van der Waals surface area contributed by atoms with Crippen LogP contribution in [0.3, 0.4) is 0 Å². The molecule has 6 rings (SSSR count). The quantitative estimate of drug-likeness (QED) is 0.291. The highest BCUT2D eigenvalue weighted by Gasteiger charge is 2.25. The first kappa shape index (κ1) is 19.7. The SMILES string of the molecule is O=c1c(-c2cc(-c3ccc(F)cc3)nc3c2COc2ccc(Cl)cc2-3)coc2ccccc12. The van der Waals surface area contributed by atoms with Gasteiger partial charge in [-0.2, -0.15) is 0 Å². The number of aromatic nitrogens is 1. The minimum Gasteiger partial charge on any atom is -0.488 e. The zero-order valence-electron chi connectivity index (χ0n) is 17.1. The van der Waals surface area contributed by atoms with Gasteiger partial charge in [-0.3, -0.25) is 4.79 Å². The summed E-state index contributed by atoms with van der Waals surface area (Å²) >= 11 is 6.27. The topological polar surface area (TPSA) is 52.3 Å². The van der Waals surface area contributed by atoms with Crippen molar-refractivity contribution in [3.8, 4) is 39.4 Å². The van der Waals surface area contributed by atoms with E-state index in [2.05, 4.69) is 0 Å². The molecule has 0 amide bonds. The zero-order chi connectivity index (χ0) is 22.5. The van der Waals surface area contributed by atoms with Crippen molar-refractivity contribution < 1.29 is 13.5 Å². The van der Waals surface area contributed by atoms with Gasteiger partial charge in [-0.1, -0.05) is 23.7 Å². The van der Waals surface area contributed by atoms with Gasteiger partial charge >= 0.3 is 0 Å². The van der Waals surface area contributed by atoms with Crippen molar-refractivity contribution in [2.75, 3.05) is 0 Å². The number of para-hydroxylation sites is 1. The Bertz CT molecular complexity index is 1610. The van der Waals surface area contributed by atoms with E-state index in [4.69, 9.17) is 25.7 Å². The third kappa shape index (κ3) is 3.29. The molecule has 0 unspecified atom stereocenters. The molecule has 0 bridgehead atoms. The van der Waals surface area contributed by atoms with Crippen LogP contribution in [0.25, 0.3) is 44.6 Å². The maximum absolute atomic E-state index is 13.6. The van der Waals surface area contributed by atoms with Gasteiger partial charge in [0.15, 0.2) is 0 Å². The number of nitrogens with zero attached hydrogens (tertiary/aromatic N) is 1. The van der Waals surface area contributed by atoms with Crippen LogP contribution in [0.15, 0.2) is 88.3 Å². The van der Waals surface area contributed by atoms with Crippen LogP contribution in [0.1, 0.15) is 5.56 Å². The molecule has 1 aliphatic rings. The number of ether oxygens (including phenoxy) is 1. The lowest BCUT2D eigenvalue weighted by molar-refractivity contribution is 0.302. The van der Waals surface area contributed by atoms with Crippen molar-refractivity contribution in [1.82, 2.24) is 4.98 Å². The second-order valence-corrected chi connectivity index (χ2v) is 8.23. The van der Waals surface area contributed by atoms with E-state index >= 15 is 0 Å². The van der Waals surface area contributed by atoms with Crippen LogP contribution in [0, 0.1) is 5.82 Å². The minimum atomic E-state index is -0.336. The number of hydrogen-bond acceptors (Lipinski definition) is 4. The molecule has 0 spiro atoms. The summed E-state index contributed by atoms with van der Waals surface area (Å²) in [4.78, 5) is 18.3. The van der Waals surface area contributed by atoms with Gasteiger partial charge in [0.2, 0.25) is 5.43 Å². The number of pyridine rings is 1. The van der Waals surface area contributed by atoms with E-state index in [1.54, 1.807) is 48.5 Å². The molecule has 0 saturated carbocycles. The molecule has 0 saturated heterocycles. The van der Waals surface area contributed by atoms with E-state index in [9.17, 15) is 9.18 Å². The van der Waals surface area contributed by atoms with Crippen molar-refractivity contribution in [2.24, 2.45) is 0 Å². The molecule has 3 aromatic carbocycles. The predicted octanol–water partition coefficient (Wildman–Crippen LogP) is 6.87. The first-order chi connectivity index (χ1) is 16.1. The Balaban J connectivity index is 1.67. The lowest BCUT2D eigenvalue weighted by atomic mass is 9.92. The highest BCUT2D eigenvalue weighted by atomic mass is 35.5. The van der Waals surface area contributed by atoms with E-state index in [-0.39, 0.29) is 17.9 Å². The van der Waals surface area contributed by atoms with E-state index in [0.717, 1.165) is 16.7 Å². The number of rotatable bonds is 2. The van der Waals surface area contributed by atoms with Gasteiger partial charge in [-0.05, 0) is 66.2 Å². The molecular weight excluding hydrogens is 441 g/mol. The molecule has 4 nitrogen and oxygen atoms in total. The second-order valence-electron chi connectivity index (χ2n) is 7.79. The first-order valence-electron chi connectivity index (χ1n) is 10.3. The standard InChI is InChI=1S/C27H15ClFNO3/c28-16-7-10-25-20(11-16)26-21(13-32-25)19(12-23(30-26)15-5-8-17(29)9-6-15)22-14-33-24-4-2-1-3-18(24)27(22)31/h1-12,14H,13H2. The summed E-state index contributed by atoms with van der Waals surface area (Å²) in [5.41, 5.74) is 4.92. The molecule has 0 N–H and O–H groups in total. The van der Waals surface area contributed by atoms with Gasteiger partial charge in [0, 0.05) is 21.7 Å². The van der Waals surface area contributed by atoms with Crippen molar-refractivity contribution in [3.63, 3.8) is 0 Å². The van der Waals surface area contributed by atoms with E-state index in [1.807, 2.05) is 12.1 Å². The van der Waals surface area contributed by atoms with Gasteiger partial charge in [0.25, 0.3) is 0 Å². The molecule has 33 heavy (non-hydrogen) atoms. The van der Waals surface area contributed by atoms with Gasteiger partial charge < -0.3 is 9.15 Å². The maximum atomic E-state index is 13.6. The van der Waals surface area contributed by atoms with Crippen LogP contribution < -0.4 is 10.2 Å². The Labute approximate surface area is 192 Å². The normalized spacial score (nSPS) is 12.2. The van der Waals surface area contributed by atoms with Gasteiger partial charge in [0.1, 0.15) is 30.0 Å². The summed E-state index contributed by atoms with van der Waals surface area (Å²) in [6, 6.07) is 20.4. The molecule has 6 heteroatoms. The predicted molar refractivity (Wildman–Crippen MR) is 126 cm³/mol. The number of halogens is 2. The lowest BCUT2D eigenvalue weighted by Gasteiger charge is -2.23. The highest BCUT2D eigenvalue weighted by Crippen LogP contribution is 2.42. The van der Waals surface area contributed by atoms with E-state index in [0.29, 0.717) is 44.3 Å². The van der Waals surface area contributed by atoms with Crippen LogP contribution in [0.2, 0.25) is 5.02 Å². The Morgan fingerprint density at radius 2 is 1.73 bits per heavy atom. The Morgan fingerprint density at radius 3 is 2.58 bits per heavy atom. The van der Waals surface area contributed by atoms with Crippen LogP contribution in [0.5, 0.6) is 5.75 Å². The lowest BCUT2D eigenvalue weighted by Crippen LogP contribution is -2.13. The fourth-order valence-corrected chi connectivity index (χ4v) is 4.35. The number of fused-ring (bicyclic) bond motifs is 4. The summed E-state index contributed by atoms with van der Waals surface area (Å²) in [6.45, 7) is 0.238. The maximum Gasteiger partial charge on any atom is 0.200 e. The molecule has 0 fully saturated rings. The molecule has 3 heterocycles. The van der Waals surface area contributed by atoms with Gasteiger partial charge in [-0.15, -0.1) is 0 Å². The van der Waals surface area contributed by atoms with Crippen molar-refractivity contribution >= 4 is 22.6 Å². The molecule has 0 radical (unpaired) electrons. The van der Waals surface area contributed by atoms with Crippen molar-refractivity contribution in [2.45, 2.75) is 6.61 Å². The summed E-state index contributed by atoms with van der Waals surface area (Å²) in [6.07, 6.45) is 1.47. The smallest absolute Gasteiger partial charge is 0.200 e. The van der Waals surface area contributed by atoms with Gasteiger partial charge in [-0.25, -0.2) is 9.37 Å². The average Bonchev–Trinajstić information content (AvgIpc) is 2.84. The molecule has 160 valence electrons. The minimum absolute atomic E-state index is 0.146. The van der Waals surface area contributed by atoms with Crippen LogP contribution in [-0.2, 0) is 6.61 Å². The van der Waals surface area contributed by atoms with Crippen LogP contribution in [-0.4, -0.2) is 4.98 Å². The molecule has 1 aliphatic heterocycles. The Morgan fingerprint density at radius 1 is 0.909 bits per heavy atom. The average molecular weight is 456 g/mol. The molecular formula is C27H15ClFNO3. The number of benzene rings is 3. The summed E-state index contributed by atoms with van der Waals surface area (Å²) in [7, 11) is 0. The summed E-state index contributed by atoms with van der Waals surface area (Å²) in [5, 5.41) is 1.04. The molecule has 5 aromatic rings. The third-order valence-corrected chi connectivity index (χ3v) is 6.04. The van der Waals surface area contributed by atoms with E-state index < -0.39 is 0 Å². The van der Waals surface area contributed by atoms with Crippen LogP contribution in [0.4, 0.5) is 4.39 Å². The van der Waals surface area contributed by atoms with Crippen molar-refractivity contribution in [3.05, 3.63) is 106 Å². The summed E-state index contributed by atoms with van der Waals surface area (Å²) in [5.74, 6) is 0.324. The fourth-order valence-electron chi connectivity index (χ4n) is 4.18. The first-order valence-corrected chi connectivity index (χ1v) is 10.7. The summed E-state index contributed by atoms with van der Waals surface area (Å²) < 4.78 is 25.3. The van der Waals surface area contributed by atoms with E-state index in [1.165, 1.54) is 18.4 Å². The second kappa shape index (κ2) is 7.57. The third-order valence-electron chi connectivity index (χ3n) is 5.80. The monoisotopic (exact) mass is 455 g/mol. The highest BCUT2D eigenvalue weighted by molar-refractivity contribution is 6.31. The largest absolute Gasteiger partial charge is 0.488 e. The Hall–Kier alpha value is -3.96. The molecule has 0 atom stereocenters. The Kier molecular flexibility index (Phi) is 4.52. The molecule has 2 aromatic heterocycles. The molecule has 0 aliphatic carbocycles. The van der Waals surface area contributed by atoms with Gasteiger partial charge in [0.05, 0.1) is 22.3 Å². The zero-order valence-corrected chi connectivity index (χ0v) is 17.9. The fraction of sp³-hybridized carbons (Fsp3) is 0.0370. The van der Waals surface area contributed by atoms with Crippen molar-refractivity contribution in [1.29, 1.82) is 0 Å².